The Morgan fingerprint density at radius 2 is 2.55 bits per heavy atom. The van der Waals surface area contributed by atoms with Crippen LogP contribution in [0, 0.1) is 6.20 Å². The van der Waals surface area contributed by atoms with Crippen LogP contribution in [0.4, 0.5) is 0 Å². The number of aromatic carboxylic acids is 1. The van der Waals surface area contributed by atoms with E-state index in [-0.39, 0.29) is 5.69 Å². The Morgan fingerprint density at radius 3 is 3.09 bits per heavy atom. The average Bonchev–Trinajstić information content (AvgIpc) is 2.05. The highest BCUT2D eigenvalue weighted by Crippen LogP contribution is 2.08. The van der Waals surface area contributed by atoms with Gasteiger partial charge in [-0.2, -0.15) is 0 Å². The van der Waals surface area contributed by atoms with E-state index in [2.05, 4.69) is 11.2 Å². The zero-order valence-electron chi connectivity index (χ0n) is 5.87. The molecule has 0 bridgehead atoms. The molecule has 0 spiro atoms. The molecule has 0 fully saturated rings. The fourth-order valence-corrected chi connectivity index (χ4v) is 0.602. The molecule has 1 aromatic rings. The molecule has 1 radical (unpaired) electrons. The summed E-state index contributed by atoms with van der Waals surface area (Å²) in [5.74, 6) is -0.641. The zero-order valence-corrected chi connectivity index (χ0v) is 5.87. The number of rotatable bonds is 2. The minimum Gasteiger partial charge on any atom is -0.497 e. The first-order valence-electron chi connectivity index (χ1n) is 2.89. The smallest absolute Gasteiger partial charge is 0.354 e. The van der Waals surface area contributed by atoms with Crippen LogP contribution < -0.4 is 4.74 Å². The lowest BCUT2D eigenvalue weighted by Crippen LogP contribution is -1.99. The van der Waals surface area contributed by atoms with Gasteiger partial charge in [0.05, 0.1) is 13.3 Å². The molecule has 57 valence electrons. The van der Waals surface area contributed by atoms with E-state index in [1.165, 1.54) is 19.2 Å². The van der Waals surface area contributed by atoms with E-state index >= 15 is 0 Å². The van der Waals surface area contributed by atoms with Gasteiger partial charge in [-0.3, -0.25) is 0 Å². The SMILES string of the molecule is COc1c[c]nc(C(=O)O)c1. The first-order valence-corrected chi connectivity index (χ1v) is 2.89. The standard InChI is InChI=1S/C7H6NO3/c1-11-5-2-3-8-6(4-5)7(9)10/h2,4H,1H3,(H,9,10). The van der Waals surface area contributed by atoms with Crippen molar-refractivity contribution >= 4 is 5.97 Å². The van der Waals surface area contributed by atoms with Crippen LogP contribution in [0.25, 0.3) is 0 Å². The molecule has 0 saturated heterocycles. The predicted molar refractivity (Wildman–Crippen MR) is 36.6 cm³/mol. The Kier molecular flexibility index (Phi) is 2.06. The largest absolute Gasteiger partial charge is 0.497 e. The van der Waals surface area contributed by atoms with Gasteiger partial charge < -0.3 is 9.84 Å². The highest BCUT2D eigenvalue weighted by Gasteiger charge is 2.04. The van der Waals surface area contributed by atoms with Crippen molar-refractivity contribution in [2.45, 2.75) is 0 Å². The van der Waals surface area contributed by atoms with Gasteiger partial charge >= 0.3 is 5.97 Å². The highest BCUT2D eigenvalue weighted by atomic mass is 16.5. The number of nitrogens with zero attached hydrogens (tertiary/aromatic N) is 1. The first-order chi connectivity index (χ1) is 5.24. The first kappa shape index (κ1) is 7.53. The average molecular weight is 152 g/mol. The van der Waals surface area contributed by atoms with Crippen LogP contribution in [-0.2, 0) is 0 Å². The van der Waals surface area contributed by atoms with E-state index in [9.17, 15) is 4.79 Å². The van der Waals surface area contributed by atoms with Crippen molar-refractivity contribution in [1.29, 1.82) is 0 Å². The molecule has 4 heteroatoms. The van der Waals surface area contributed by atoms with Gasteiger partial charge in [0, 0.05) is 12.1 Å². The van der Waals surface area contributed by atoms with Crippen molar-refractivity contribution < 1.29 is 14.6 Å². The third-order valence-electron chi connectivity index (χ3n) is 1.13. The van der Waals surface area contributed by atoms with Gasteiger partial charge in [0.2, 0.25) is 0 Å². The van der Waals surface area contributed by atoms with Gasteiger partial charge in [-0.15, -0.1) is 0 Å². The molecule has 0 atom stereocenters. The van der Waals surface area contributed by atoms with Crippen LogP contribution in [0.5, 0.6) is 5.75 Å². The number of ether oxygens (including phenoxy) is 1. The van der Waals surface area contributed by atoms with Gasteiger partial charge in [-0.05, 0) is 0 Å². The second kappa shape index (κ2) is 3.01. The summed E-state index contributed by atoms with van der Waals surface area (Å²) in [6, 6.07) is 2.80. The van der Waals surface area contributed by atoms with E-state index in [0.29, 0.717) is 5.75 Å². The van der Waals surface area contributed by atoms with Crippen molar-refractivity contribution in [2.75, 3.05) is 7.11 Å². The Labute approximate surface area is 63.5 Å². The Hall–Kier alpha value is -1.58. The number of carboxylic acid groups (broad SMARTS) is 1. The monoisotopic (exact) mass is 152 g/mol. The molecular weight excluding hydrogens is 146 g/mol. The topological polar surface area (TPSA) is 59.4 Å². The molecule has 11 heavy (non-hydrogen) atoms. The van der Waals surface area contributed by atoms with E-state index in [1.807, 2.05) is 0 Å². The van der Waals surface area contributed by atoms with E-state index < -0.39 is 5.97 Å². The molecule has 1 N–H and O–H groups in total. The summed E-state index contributed by atoms with van der Waals surface area (Å²) in [6.07, 6.45) is 2.41. The van der Waals surface area contributed by atoms with Gasteiger partial charge in [0.15, 0.2) is 5.69 Å². The number of methoxy groups -OCH3 is 1. The molecule has 0 aromatic carbocycles. The maximum atomic E-state index is 10.3. The maximum absolute atomic E-state index is 10.3. The van der Waals surface area contributed by atoms with Crippen LogP contribution in [0.2, 0.25) is 0 Å². The number of carbonyl (C=O) groups is 1. The van der Waals surface area contributed by atoms with Crippen LogP contribution in [0.1, 0.15) is 10.5 Å². The molecule has 1 heterocycles. The number of carboxylic acids is 1. The quantitative estimate of drug-likeness (QED) is 0.673. The lowest BCUT2D eigenvalue weighted by molar-refractivity contribution is 0.0690. The third kappa shape index (κ3) is 1.67. The number of hydrogen-bond acceptors (Lipinski definition) is 3. The summed E-state index contributed by atoms with van der Waals surface area (Å²) in [5, 5.41) is 8.47. The molecule has 0 aliphatic rings. The minimum absolute atomic E-state index is 0.0654. The summed E-state index contributed by atoms with van der Waals surface area (Å²) in [4.78, 5) is 13.8. The number of aromatic nitrogens is 1. The summed E-state index contributed by atoms with van der Waals surface area (Å²) in [6.45, 7) is 0. The van der Waals surface area contributed by atoms with Crippen LogP contribution in [0.3, 0.4) is 0 Å². The summed E-state index contributed by atoms with van der Waals surface area (Å²) in [7, 11) is 1.45. The Balaban J connectivity index is 3.01. The maximum Gasteiger partial charge on any atom is 0.354 e. The summed E-state index contributed by atoms with van der Waals surface area (Å²) >= 11 is 0. The molecular formula is C7H6NO3. The molecule has 0 aliphatic heterocycles. The molecule has 1 rings (SSSR count). The van der Waals surface area contributed by atoms with Crippen LogP contribution in [0.15, 0.2) is 12.1 Å². The third-order valence-corrected chi connectivity index (χ3v) is 1.13. The predicted octanol–water partition coefficient (Wildman–Crippen LogP) is 0.589. The molecule has 4 nitrogen and oxygen atoms in total. The second-order valence-corrected chi connectivity index (χ2v) is 1.83. The van der Waals surface area contributed by atoms with Gasteiger partial charge in [-0.25, -0.2) is 9.78 Å². The number of pyridine rings is 1. The van der Waals surface area contributed by atoms with E-state index in [1.54, 1.807) is 0 Å². The van der Waals surface area contributed by atoms with E-state index in [4.69, 9.17) is 9.84 Å². The molecule has 0 aliphatic carbocycles. The van der Waals surface area contributed by atoms with Crippen molar-refractivity contribution in [3.05, 3.63) is 24.0 Å². The van der Waals surface area contributed by atoms with Gasteiger partial charge in [-0.1, -0.05) is 0 Å². The van der Waals surface area contributed by atoms with Crippen molar-refractivity contribution in [3.8, 4) is 5.75 Å². The normalized spacial score (nSPS) is 9.18. The fourth-order valence-electron chi connectivity index (χ4n) is 0.602. The molecule has 1 aromatic heterocycles. The van der Waals surface area contributed by atoms with Crippen molar-refractivity contribution in [3.63, 3.8) is 0 Å². The Bertz CT molecular complexity index is 272. The second-order valence-electron chi connectivity index (χ2n) is 1.83. The van der Waals surface area contributed by atoms with E-state index in [0.717, 1.165) is 0 Å². The minimum atomic E-state index is -1.08. The lowest BCUT2D eigenvalue weighted by atomic mass is 10.3. The van der Waals surface area contributed by atoms with Gasteiger partial charge in [0.1, 0.15) is 5.75 Å². The Morgan fingerprint density at radius 1 is 1.82 bits per heavy atom. The molecule has 0 unspecified atom stereocenters. The fraction of sp³-hybridized carbons (Fsp3) is 0.143. The van der Waals surface area contributed by atoms with Gasteiger partial charge in [0.25, 0.3) is 0 Å². The van der Waals surface area contributed by atoms with Crippen LogP contribution >= 0.6 is 0 Å². The summed E-state index contributed by atoms with van der Waals surface area (Å²) in [5.41, 5.74) is -0.0654. The lowest BCUT2D eigenvalue weighted by Gasteiger charge is -1.97. The highest BCUT2D eigenvalue weighted by molar-refractivity contribution is 5.85. The number of hydrogen-bond donors (Lipinski definition) is 1. The zero-order chi connectivity index (χ0) is 8.27. The van der Waals surface area contributed by atoms with Crippen molar-refractivity contribution in [2.24, 2.45) is 0 Å². The van der Waals surface area contributed by atoms with Crippen LogP contribution in [-0.4, -0.2) is 23.2 Å². The summed E-state index contributed by atoms with van der Waals surface area (Å²) < 4.78 is 4.77. The molecule has 0 amide bonds. The molecule has 0 saturated carbocycles. The van der Waals surface area contributed by atoms with Crippen molar-refractivity contribution in [1.82, 2.24) is 4.98 Å².